The van der Waals surface area contributed by atoms with Crippen LogP contribution in [0.25, 0.3) is 0 Å². The Morgan fingerprint density at radius 1 is 0.857 bits per heavy atom. The summed E-state index contributed by atoms with van der Waals surface area (Å²) in [6, 6.07) is 0.738. The average molecular weight is 285 g/mol. The zero-order chi connectivity index (χ0) is 15.5. The molecule has 2 heteroatoms. The molecule has 0 N–H and O–H groups in total. The zero-order valence-corrected chi connectivity index (χ0v) is 15.2. The van der Waals surface area contributed by atoms with Gasteiger partial charge in [-0.3, -0.25) is 0 Å². The zero-order valence-electron chi connectivity index (χ0n) is 15.2. The first-order chi connectivity index (χ1) is 10.2. The van der Waals surface area contributed by atoms with E-state index in [0.717, 1.165) is 10.6 Å². The number of unbranched alkanes of at least 4 members (excludes halogenated alkanes) is 8. The maximum atomic E-state index is 2.77. The van der Waals surface area contributed by atoms with E-state index in [1.54, 1.807) is 5.57 Å². The molecule has 0 aromatic heterocycles. The van der Waals surface area contributed by atoms with Crippen molar-refractivity contribution in [1.29, 1.82) is 0 Å². The van der Waals surface area contributed by atoms with Crippen LogP contribution >= 0.6 is 0 Å². The molecule has 1 aliphatic carbocycles. The van der Waals surface area contributed by atoms with Crippen LogP contribution in [0.3, 0.4) is 0 Å². The predicted octanol–water partition coefficient (Wildman–Crippen LogP) is 5.51. The van der Waals surface area contributed by atoms with E-state index in [1.165, 1.54) is 77.3 Å². The molecule has 0 heterocycles. The van der Waals surface area contributed by atoms with Gasteiger partial charge in [0.1, 0.15) is 0 Å². The van der Waals surface area contributed by atoms with Crippen LogP contribution in [0.4, 0.5) is 0 Å². The molecule has 0 aromatic carbocycles. The first-order valence-electron chi connectivity index (χ1n) is 9.63. The summed E-state index contributed by atoms with van der Waals surface area (Å²) in [5, 5.41) is 0. The SMILES string of the molecule is [Li][CH]1C(C)=CC1N(CCCCCCC)CCCCCCC. The Balaban J connectivity index is 2.26. The van der Waals surface area contributed by atoms with Crippen LogP contribution in [-0.4, -0.2) is 41.7 Å². The topological polar surface area (TPSA) is 3.24 Å². The van der Waals surface area contributed by atoms with Crippen LogP contribution in [0.15, 0.2) is 11.6 Å². The Morgan fingerprint density at radius 2 is 1.33 bits per heavy atom. The molecule has 2 unspecified atom stereocenters. The molecular weight excluding hydrogens is 249 g/mol. The molecular formula is C19H36LiN. The quantitative estimate of drug-likeness (QED) is 0.245. The molecule has 0 saturated heterocycles. The number of hydrogen-bond acceptors (Lipinski definition) is 1. The average Bonchev–Trinajstić information content (AvgIpc) is 2.50. The molecule has 1 nitrogen and oxygen atoms in total. The first kappa shape index (κ1) is 19.3. The Bertz CT molecular complexity index is 273. The van der Waals surface area contributed by atoms with Gasteiger partial charge in [0.15, 0.2) is 0 Å². The molecule has 2 atom stereocenters. The van der Waals surface area contributed by atoms with E-state index < -0.39 is 0 Å². The molecule has 0 fully saturated rings. The molecule has 0 aliphatic heterocycles. The molecule has 1 rings (SSSR count). The molecule has 0 spiro atoms. The summed E-state index contributed by atoms with van der Waals surface area (Å²) in [5.74, 6) is 0. The van der Waals surface area contributed by atoms with Gasteiger partial charge in [-0.15, -0.1) is 0 Å². The third kappa shape index (κ3) is 7.40. The van der Waals surface area contributed by atoms with Crippen LogP contribution in [0.1, 0.15) is 85.0 Å². The van der Waals surface area contributed by atoms with Gasteiger partial charge in [-0.1, -0.05) is 0 Å². The van der Waals surface area contributed by atoms with Crippen molar-refractivity contribution in [3.63, 3.8) is 0 Å². The van der Waals surface area contributed by atoms with E-state index in [0.29, 0.717) is 0 Å². The molecule has 0 bridgehead atoms. The molecule has 21 heavy (non-hydrogen) atoms. The van der Waals surface area contributed by atoms with Gasteiger partial charge in [-0.05, 0) is 0 Å². The van der Waals surface area contributed by atoms with Gasteiger partial charge in [0, 0.05) is 0 Å². The minimum atomic E-state index is 0.738. The summed E-state index contributed by atoms with van der Waals surface area (Å²) in [6.45, 7) is 9.52. The second-order valence-corrected chi connectivity index (χ2v) is 7.05. The molecule has 1 aliphatic rings. The summed E-state index contributed by atoms with van der Waals surface area (Å²) in [6.07, 6.45) is 16.5. The molecule has 0 amide bonds. The van der Waals surface area contributed by atoms with Crippen LogP contribution < -0.4 is 0 Å². The summed E-state index contributed by atoms with van der Waals surface area (Å²) in [7, 11) is 0. The van der Waals surface area contributed by atoms with Gasteiger partial charge in [0.2, 0.25) is 0 Å². The van der Waals surface area contributed by atoms with E-state index in [2.05, 4.69) is 49.5 Å². The fraction of sp³-hybridized carbons (Fsp3) is 0.895. The molecule has 0 aromatic rings. The monoisotopic (exact) mass is 285 g/mol. The third-order valence-electron chi connectivity index (χ3n) is 5.18. The van der Waals surface area contributed by atoms with Gasteiger partial charge in [-0.2, -0.15) is 0 Å². The summed E-state index contributed by atoms with van der Waals surface area (Å²) < 4.78 is 0.788. The fourth-order valence-electron chi connectivity index (χ4n) is 3.38. The second kappa shape index (κ2) is 11.8. The van der Waals surface area contributed by atoms with E-state index in [4.69, 9.17) is 0 Å². The Labute approximate surface area is 143 Å². The van der Waals surface area contributed by atoms with E-state index in [-0.39, 0.29) is 0 Å². The fourth-order valence-corrected chi connectivity index (χ4v) is 3.38. The maximum absolute atomic E-state index is 2.77. The first-order valence-corrected chi connectivity index (χ1v) is 9.63. The van der Waals surface area contributed by atoms with Gasteiger partial charge in [0.05, 0.1) is 0 Å². The molecule has 0 radical (unpaired) electrons. The van der Waals surface area contributed by atoms with Crippen LogP contribution in [0, 0.1) is 0 Å². The van der Waals surface area contributed by atoms with Gasteiger partial charge in [0.25, 0.3) is 0 Å². The van der Waals surface area contributed by atoms with Crippen molar-refractivity contribution in [3.8, 4) is 0 Å². The predicted molar refractivity (Wildman–Crippen MR) is 96.1 cm³/mol. The van der Waals surface area contributed by atoms with Crippen LogP contribution in [-0.2, 0) is 0 Å². The van der Waals surface area contributed by atoms with Crippen LogP contribution in [0.5, 0.6) is 0 Å². The summed E-state index contributed by atoms with van der Waals surface area (Å²) in [5.41, 5.74) is 1.60. The third-order valence-corrected chi connectivity index (χ3v) is 5.18. The van der Waals surface area contributed by atoms with Crippen molar-refractivity contribution in [3.05, 3.63) is 11.6 Å². The van der Waals surface area contributed by atoms with Crippen molar-refractivity contribution < 1.29 is 0 Å². The number of nitrogens with zero attached hydrogens (tertiary/aromatic N) is 1. The minimum absolute atomic E-state index is 0.738. The Hall–Kier alpha value is 0.297. The van der Waals surface area contributed by atoms with Crippen molar-refractivity contribution in [1.82, 2.24) is 4.90 Å². The van der Waals surface area contributed by atoms with E-state index >= 15 is 0 Å². The van der Waals surface area contributed by atoms with E-state index in [9.17, 15) is 0 Å². The molecule has 118 valence electrons. The Morgan fingerprint density at radius 3 is 1.71 bits per heavy atom. The van der Waals surface area contributed by atoms with Crippen molar-refractivity contribution in [2.45, 2.75) is 95.6 Å². The molecule has 0 saturated carbocycles. The summed E-state index contributed by atoms with van der Waals surface area (Å²) in [4.78, 5) is 2.77. The van der Waals surface area contributed by atoms with Crippen molar-refractivity contribution in [2.24, 2.45) is 0 Å². The van der Waals surface area contributed by atoms with Crippen LogP contribution in [0.2, 0.25) is 4.59 Å². The van der Waals surface area contributed by atoms with E-state index in [1.807, 2.05) is 0 Å². The van der Waals surface area contributed by atoms with Crippen molar-refractivity contribution in [2.75, 3.05) is 13.1 Å². The number of hydrogen-bond donors (Lipinski definition) is 0. The normalized spacial score (nSPS) is 21.5. The van der Waals surface area contributed by atoms with Crippen molar-refractivity contribution >= 4 is 17.7 Å². The second-order valence-electron chi connectivity index (χ2n) is 7.05. The Kier molecular flexibility index (Phi) is 10.9. The standard InChI is InChI=1S/C19H36N.Li/c1-4-6-8-10-12-14-20(19-16-18(3)17-19)15-13-11-9-7-5-2;/h16-17,19H,4-15H2,1-3H3;. The van der Waals surface area contributed by atoms with Gasteiger partial charge in [-0.25, -0.2) is 0 Å². The summed E-state index contributed by atoms with van der Waals surface area (Å²) >= 11 is 2.40. The number of rotatable bonds is 13. The van der Waals surface area contributed by atoms with Gasteiger partial charge >= 0.3 is 143 Å². The van der Waals surface area contributed by atoms with Gasteiger partial charge < -0.3 is 0 Å².